The highest BCUT2D eigenvalue weighted by molar-refractivity contribution is 5.78. The molecular weight excluding hydrogens is 268 g/mol. The first-order chi connectivity index (χ1) is 10.2. The molecule has 4 heteroatoms. The molecule has 1 aliphatic rings. The standard InChI is InChI=1S/C13H16O4.2C2H6/c1-16-10-6-4-3-5-8(10)11-9(7-14)12(11)13(15)17-2;2*1-2/h3-6,9,11-12,14H,7H2,1-2H3;2*1-2H3/t9-,11?,12?;;/m1../s1. The van der Waals surface area contributed by atoms with Crippen LogP contribution in [0.15, 0.2) is 24.3 Å². The lowest BCUT2D eigenvalue weighted by atomic mass is 10.1. The molecule has 0 amide bonds. The molecule has 0 aliphatic heterocycles. The molecule has 0 saturated heterocycles. The van der Waals surface area contributed by atoms with Crippen molar-refractivity contribution in [1.82, 2.24) is 0 Å². The number of rotatable bonds is 4. The Morgan fingerprint density at radius 1 is 1.14 bits per heavy atom. The highest BCUT2D eigenvalue weighted by atomic mass is 16.5. The number of carbonyl (C=O) groups excluding carboxylic acids is 1. The lowest BCUT2D eigenvalue weighted by molar-refractivity contribution is -0.142. The van der Waals surface area contributed by atoms with Gasteiger partial charge in [-0.25, -0.2) is 0 Å². The maximum atomic E-state index is 11.6. The summed E-state index contributed by atoms with van der Waals surface area (Å²) in [6, 6.07) is 7.57. The average Bonchev–Trinajstić information content (AvgIpc) is 3.32. The molecule has 1 saturated carbocycles. The zero-order chi connectivity index (χ0) is 16.4. The summed E-state index contributed by atoms with van der Waals surface area (Å²) in [5, 5.41) is 9.27. The molecule has 3 atom stereocenters. The Hall–Kier alpha value is -1.55. The topological polar surface area (TPSA) is 55.8 Å². The molecule has 21 heavy (non-hydrogen) atoms. The van der Waals surface area contributed by atoms with Gasteiger partial charge in [-0.3, -0.25) is 4.79 Å². The first kappa shape index (κ1) is 19.4. The van der Waals surface area contributed by atoms with E-state index < -0.39 is 0 Å². The van der Waals surface area contributed by atoms with Gasteiger partial charge in [0.15, 0.2) is 0 Å². The maximum absolute atomic E-state index is 11.6. The lowest BCUT2D eigenvalue weighted by Crippen LogP contribution is -2.06. The van der Waals surface area contributed by atoms with Crippen molar-refractivity contribution >= 4 is 5.97 Å². The molecule has 1 N–H and O–H groups in total. The third-order valence-electron chi connectivity index (χ3n) is 3.35. The molecule has 1 aliphatic carbocycles. The zero-order valence-corrected chi connectivity index (χ0v) is 13.9. The van der Waals surface area contributed by atoms with Gasteiger partial charge in [-0.15, -0.1) is 0 Å². The molecule has 1 fully saturated rings. The van der Waals surface area contributed by atoms with Crippen molar-refractivity contribution in [3.8, 4) is 5.75 Å². The molecular formula is C17H28O4. The van der Waals surface area contributed by atoms with Gasteiger partial charge in [-0.05, 0) is 11.6 Å². The number of aliphatic hydroxyl groups is 1. The van der Waals surface area contributed by atoms with Gasteiger partial charge in [0.25, 0.3) is 0 Å². The monoisotopic (exact) mass is 296 g/mol. The summed E-state index contributed by atoms with van der Waals surface area (Å²) >= 11 is 0. The maximum Gasteiger partial charge on any atom is 0.309 e. The van der Waals surface area contributed by atoms with Crippen molar-refractivity contribution < 1.29 is 19.4 Å². The van der Waals surface area contributed by atoms with Crippen LogP contribution in [0.5, 0.6) is 5.75 Å². The Morgan fingerprint density at radius 2 is 1.71 bits per heavy atom. The van der Waals surface area contributed by atoms with E-state index in [2.05, 4.69) is 0 Å². The predicted molar refractivity (Wildman–Crippen MR) is 84.5 cm³/mol. The molecule has 0 aromatic heterocycles. The number of para-hydroxylation sites is 1. The normalized spacial score (nSPS) is 22.0. The van der Waals surface area contributed by atoms with E-state index in [1.54, 1.807) is 7.11 Å². The number of hydrogen-bond donors (Lipinski definition) is 1. The van der Waals surface area contributed by atoms with E-state index in [4.69, 9.17) is 9.47 Å². The summed E-state index contributed by atoms with van der Waals surface area (Å²) < 4.78 is 10.0. The van der Waals surface area contributed by atoms with Crippen molar-refractivity contribution in [2.75, 3.05) is 20.8 Å². The van der Waals surface area contributed by atoms with Gasteiger partial charge in [0.2, 0.25) is 0 Å². The Labute approximate surface area is 128 Å². The average molecular weight is 296 g/mol. The molecule has 1 aromatic carbocycles. The van der Waals surface area contributed by atoms with E-state index in [9.17, 15) is 9.90 Å². The molecule has 0 radical (unpaired) electrons. The number of ether oxygens (including phenoxy) is 2. The third kappa shape index (κ3) is 4.46. The van der Waals surface area contributed by atoms with Gasteiger partial charge in [-0.2, -0.15) is 0 Å². The van der Waals surface area contributed by atoms with Gasteiger partial charge in [0, 0.05) is 18.4 Å². The number of methoxy groups -OCH3 is 2. The van der Waals surface area contributed by atoms with Crippen molar-refractivity contribution in [3.63, 3.8) is 0 Å². The van der Waals surface area contributed by atoms with Gasteiger partial charge >= 0.3 is 5.97 Å². The minimum Gasteiger partial charge on any atom is -0.496 e. The van der Waals surface area contributed by atoms with Gasteiger partial charge in [0.05, 0.1) is 20.1 Å². The van der Waals surface area contributed by atoms with Crippen LogP contribution in [0.2, 0.25) is 0 Å². The van der Waals surface area contributed by atoms with Crippen molar-refractivity contribution in [2.45, 2.75) is 33.6 Å². The fraction of sp³-hybridized carbons (Fsp3) is 0.588. The van der Waals surface area contributed by atoms with Gasteiger partial charge in [0.1, 0.15) is 5.75 Å². The molecule has 4 nitrogen and oxygen atoms in total. The SMILES string of the molecule is CC.CC.COC(=O)C1C(c2ccccc2OC)[C@H]1CO. The Balaban J connectivity index is 0.000000921. The molecule has 2 unspecified atom stereocenters. The van der Waals surface area contributed by atoms with Crippen molar-refractivity contribution in [2.24, 2.45) is 11.8 Å². The smallest absolute Gasteiger partial charge is 0.309 e. The van der Waals surface area contributed by atoms with Gasteiger partial charge in [-0.1, -0.05) is 45.9 Å². The summed E-state index contributed by atoms with van der Waals surface area (Å²) in [7, 11) is 2.97. The first-order valence-electron chi connectivity index (χ1n) is 7.56. The van der Waals surface area contributed by atoms with E-state index in [1.165, 1.54) is 7.11 Å². The van der Waals surface area contributed by atoms with Crippen LogP contribution in [-0.4, -0.2) is 31.9 Å². The Bertz CT molecular complexity index is 417. The summed E-state index contributed by atoms with van der Waals surface area (Å²) in [5.74, 6) is 0.186. The highest BCUT2D eigenvalue weighted by Crippen LogP contribution is 2.56. The molecule has 2 rings (SSSR count). The van der Waals surface area contributed by atoms with Crippen LogP contribution in [0.1, 0.15) is 39.2 Å². The molecule has 0 spiro atoms. The highest BCUT2D eigenvalue weighted by Gasteiger charge is 2.56. The minimum absolute atomic E-state index is 0.00333. The van der Waals surface area contributed by atoms with Gasteiger partial charge < -0.3 is 14.6 Å². The van der Waals surface area contributed by atoms with Crippen LogP contribution >= 0.6 is 0 Å². The summed E-state index contributed by atoms with van der Waals surface area (Å²) in [5.41, 5.74) is 0.962. The number of benzene rings is 1. The number of esters is 1. The van der Waals surface area contributed by atoms with Crippen LogP contribution in [-0.2, 0) is 9.53 Å². The van der Waals surface area contributed by atoms with E-state index in [0.29, 0.717) is 0 Å². The fourth-order valence-electron chi connectivity index (χ4n) is 2.42. The molecule has 0 heterocycles. The van der Waals surface area contributed by atoms with E-state index in [1.807, 2.05) is 52.0 Å². The molecule has 120 valence electrons. The van der Waals surface area contributed by atoms with E-state index in [-0.39, 0.29) is 30.3 Å². The third-order valence-corrected chi connectivity index (χ3v) is 3.35. The van der Waals surface area contributed by atoms with Crippen LogP contribution < -0.4 is 4.74 Å². The second kappa shape index (κ2) is 10.2. The van der Waals surface area contributed by atoms with Crippen LogP contribution in [0.25, 0.3) is 0 Å². The zero-order valence-electron chi connectivity index (χ0n) is 13.9. The largest absolute Gasteiger partial charge is 0.496 e. The quantitative estimate of drug-likeness (QED) is 0.867. The predicted octanol–water partition coefficient (Wildman–Crippen LogP) is 3.24. The molecule has 0 bridgehead atoms. The lowest BCUT2D eigenvalue weighted by Gasteiger charge is -2.07. The summed E-state index contributed by atoms with van der Waals surface area (Å²) in [6.07, 6.45) is 0. The number of carbonyl (C=O) groups is 1. The van der Waals surface area contributed by atoms with E-state index >= 15 is 0 Å². The second-order valence-corrected chi connectivity index (χ2v) is 4.16. The van der Waals surface area contributed by atoms with Crippen LogP contribution in [0, 0.1) is 11.8 Å². The number of aliphatic hydroxyl groups excluding tert-OH is 1. The molecule has 1 aromatic rings. The second-order valence-electron chi connectivity index (χ2n) is 4.16. The Kier molecular flexibility index (Phi) is 9.46. The minimum atomic E-state index is -0.264. The number of hydrogen-bond acceptors (Lipinski definition) is 4. The van der Waals surface area contributed by atoms with Crippen LogP contribution in [0.4, 0.5) is 0 Å². The fourth-order valence-corrected chi connectivity index (χ4v) is 2.42. The summed E-state index contributed by atoms with van der Waals surface area (Å²) in [4.78, 5) is 11.6. The summed E-state index contributed by atoms with van der Waals surface area (Å²) in [6.45, 7) is 7.99. The van der Waals surface area contributed by atoms with Crippen molar-refractivity contribution in [3.05, 3.63) is 29.8 Å². The van der Waals surface area contributed by atoms with Crippen molar-refractivity contribution in [1.29, 1.82) is 0 Å². The van der Waals surface area contributed by atoms with Crippen LogP contribution in [0.3, 0.4) is 0 Å². The first-order valence-corrected chi connectivity index (χ1v) is 7.56. The Morgan fingerprint density at radius 3 is 2.19 bits per heavy atom. The van der Waals surface area contributed by atoms with E-state index in [0.717, 1.165) is 11.3 Å².